The van der Waals surface area contributed by atoms with Crippen LogP contribution >= 0.6 is 0 Å². The van der Waals surface area contributed by atoms with Gasteiger partial charge in [0, 0.05) is 5.41 Å². The summed E-state index contributed by atoms with van der Waals surface area (Å²) < 4.78 is 0. The van der Waals surface area contributed by atoms with E-state index in [0.717, 1.165) is 24.0 Å². The van der Waals surface area contributed by atoms with Gasteiger partial charge in [-0.2, -0.15) is 0 Å². The number of aryl methyl sites for hydroxylation is 1. The summed E-state index contributed by atoms with van der Waals surface area (Å²) in [6.07, 6.45) is 4.33. The fourth-order valence-corrected chi connectivity index (χ4v) is 3.94. The van der Waals surface area contributed by atoms with Crippen molar-refractivity contribution >= 4 is 11.9 Å². The molecule has 1 unspecified atom stereocenters. The van der Waals surface area contributed by atoms with E-state index in [1.165, 1.54) is 5.56 Å². The molecule has 1 aromatic rings. The normalized spacial score (nSPS) is 34.2. The first-order valence-corrected chi connectivity index (χ1v) is 7.19. The van der Waals surface area contributed by atoms with E-state index in [0.29, 0.717) is 11.7 Å². The van der Waals surface area contributed by atoms with Crippen LogP contribution in [0.15, 0.2) is 29.8 Å². The lowest BCUT2D eigenvalue weighted by molar-refractivity contribution is -0.125. The van der Waals surface area contributed by atoms with Crippen molar-refractivity contribution in [2.75, 3.05) is 0 Å². The maximum absolute atomic E-state index is 12.7. The number of hydrogen-bond donors (Lipinski definition) is 0. The van der Waals surface area contributed by atoms with Crippen LogP contribution in [0, 0.1) is 23.7 Å². The van der Waals surface area contributed by atoms with E-state index in [4.69, 9.17) is 0 Å². The van der Waals surface area contributed by atoms with Crippen molar-refractivity contribution < 1.29 is 4.79 Å². The number of rotatable bonds is 1. The van der Waals surface area contributed by atoms with Crippen LogP contribution < -0.4 is 0 Å². The van der Waals surface area contributed by atoms with Gasteiger partial charge in [0.05, 0.1) is 0 Å². The Morgan fingerprint density at radius 1 is 1.16 bits per heavy atom. The van der Waals surface area contributed by atoms with Crippen molar-refractivity contribution in [1.82, 2.24) is 0 Å². The second-order valence-corrected chi connectivity index (χ2v) is 6.98. The average molecular weight is 254 g/mol. The second kappa shape index (κ2) is 3.82. The first-order valence-electron chi connectivity index (χ1n) is 7.19. The average Bonchev–Trinajstić information content (AvgIpc) is 2.66. The number of allylic oxidation sites excluding steroid dienone is 1. The van der Waals surface area contributed by atoms with Crippen molar-refractivity contribution in [2.45, 2.75) is 40.5 Å². The van der Waals surface area contributed by atoms with Crippen LogP contribution in [0.3, 0.4) is 0 Å². The molecular formula is C18H22O. The maximum atomic E-state index is 12.7. The standard InChI is InChI=1S/C18H22O/c1-12-5-7-13(8-6-12)11-14-15-9-10-18(4,16(14)19)17(15,2)3/h5-8,11,15H,9-10H2,1-4H3/b14-11-/t15?,18-/m1/s1. The molecule has 19 heavy (non-hydrogen) atoms. The van der Waals surface area contributed by atoms with Gasteiger partial charge in [0.25, 0.3) is 0 Å². The third kappa shape index (κ3) is 1.57. The van der Waals surface area contributed by atoms with Gasteiger partial charge in [-0.25, -0.2) is 0 Å². The summed E-state index contributed by atoms with van der Waals surface area (Å²) in [6, 6.07) is 8.43. The van der Waals surface area contributed by atoms with Crippen molar-refractivity contribution in [3.63, 3.8) is 0 Å². The van der Waals surface area contributed by atoms with Gasteiger partial charge in [0.2, 0.25) is 0 Å². The lowest BCUT2D eigenvalue weighted by Gasteiger charge is -2.31. The first-order chi connectivity index (χ1) is 8.86. The Hall–Kier alpha value is -1.37. The molecule has 0 N–H and O–H groups in total. The molecule has 3 rings (SSSR count). The molecule has 2 aliphatic rings. The minimum Gasteiger partial charge on any atom is -0.294 e. The largest absolute Gasteiger partial charge is 0.294 e. The highest BCUT2D eigenvalue weighted by molar-refractivity contribution is 6.07. The van der Waals surface area contributed by atoms with Gasteiger partial charge in [-0.1, -0.05) is 50.6 Å². The molecule has 2 fully saturated rings. The van der Waals surface area contributed by atoms with Gasteiger partial charge >= 0.3 is 0 Å². The number of carbonyl (C=O) groups excluding carboxylic acids is 1. The number of Topliss-reactive ketones (excluding diaryl/α,β-unsaturated/α-hetero) is 1. The van der Waals surface area contributed by atoms with Crippen LogP contribution in [0.5, 0.6) is 0 Å². The summed E-state index contributed by atoms with van der Waals surface area (Å²) in [6.45, 7) is 8.77. The van der Waals surface area contributed by atoms with Crippen LogP contribution in [0.4, 0.5) is 0 Å². The number of ketones is 1. The summed E-state index contributed by atoms with van der Waals surface area (Å²) in [4.78, 5) is 12.7. The van der Waals surface area contributed by atoms with Crippen molar-refractivity contribution in [3.8, 4) is 0 Å². The van der Waals surface area contributed by atoms with Crippen molar-refractivity contribution in [2.24, 2.45) is 16.7 Å². The summed E-state index contributed by atoms with van der Waals surface area (Å²) in [5.74, 6) is 0.820. The van der Waals surface area contributed by atoms with E-state index < -0.39 is 0 Å². The molecule has 0 radical (unpaired) electrons. The molecule has 2 saturated carbocycles. The maximum Gasteiger partial charge on any atom is 0.165 e. The minimum atomic E-state index is -0.145. The van der Waals surface area contributed by atoms with Gasteiger partial charge in [-0.3, -0.25) is 4.79 Å². The minimum absolute atomic E-state index is 0.112. The summed E-state index contributed by atoms with van der Waals surface area (Å²) >= 11 is 0. The zero-order chi connectivity index (χ0) is 13.8. The van der Waals surface area contributed by atoms with Crippen LogP contribution in [-0.2, 0) is 4.79 Å². The fraction of sp³-hybridized carbons (Fsp3) is 0.500. The Kier molecular flexibility index (Phi) is 2.54. The monoisotopic (exact) mass is 254 g/mol. The van der Waals surface area contributed by atoms with Crippen LogP contribution in [0.25, 0.3) is 6.08 Å². The Morgan fingerprint density at radius 2 is 1.79 bits per heavy atom. The summed E-state index contributed by atoms with van der Waals surface area (Å²) in [5, 5.41) is 0. The van der Waals surface area contributed by atoms with E-state index in [1.54, 1.807) is 0 Å². The molecule has 1 aromatic carbocycles. The molecule has 1 heteroatoms. The highest BCUT2D eigenvalue weighted by atomic mass is 16.1. The molecule has 1 nitrogen and oxygen atoms in total. The molecule has 0 spiro atoms. The quantitative estimate of drug-likeness (QED) is 0.679. The molecule has 100 valence electrons. The molecule has 0 aromatic heterocycles. The third-order valence-electron chi connectivity index (χ3n) is 5.76. The Balaban J connectivity index is 2.04. The van der Waals surface area contributed by atoms with Gasteiger partial charge in [0.1, 0.15) is 0 Å². The van der Waals surface area contributed by atoms with Gasteiger partial charge in [0.15, 0.2) is 5.78 Å². The van der Waals surface area contributed by atoms with Gasteiger partial charge < -0.3 is 0 Å². The van der Waals surface area contributed by atoms with E-state index >= 15 is 0 Å². The zero-order valence-electron chi connectivity index (χ0n) is 12.3. The topological polar surface area (TPSA) is 17.1 Å². The van der Waals surface area contributed by atoms with Crippen molar-refractivity contribution in [1.29, 1.82) is 0 Å². The third-order valence-corrected chi connectivity index (χ3v) is 5.76. The predicted molar refractivity (Wildman–Crippen MR) is 78.8 cm³/mol. The first kappa shape index (κ1) is 12.7. The molecule has 2 aliphatic carbocycles. The van der Waals surface area contributed by atoms with Crippen LogP contribution in [0.2, 0.25) is 0 Å². The highest BCUT2D eigenvalue weighted by Gasteiger charge is 2.63. The second-order valence-electron chi connectivity index (χ2n) is 6.98. The van der Waals surface area contributed by atoms with E-state index in [-0.39, 0.29) is 10.8 Å². The molecule has 0 amide bonds. The SMILES string of the molecule is Cc1ccc(/C=C2\C(=O)[C@@]3(C)CCC2C3(C)C)cc1. The van der Waals surface area contributed by atoms with Crippen LogP contribution in [-0.4, -0.2) is 5.78 Å². The lowest BCUT2D eigenvalue weighted by Crippen LogP contribution is -2.32. The highest BCUT2D eigenvalue weighted by Crippen LogP contribution is 2.65. The van der Waals surface area contributed by atoms with Crippen molar-refractivity contribution in [3.05, 3.63) is 41.0 Å². The van der Waals surface area contributed by atoms with E-state index in [1.807, 2.05) is 0 Å². The smallest absolute Gasteiger partial charge is 0.165 e. The number of benzene rings is 1. The molecular weight excluding hydrogens is 232 g/mol. The van der Waals surface area contributed by atoms with Gasteiger partial charge in [-0.05, 0) is 48.3 Å². The molecule has 2 bridgehead atoms. The molecule has 0 heterocycles. The number of fused-ring (bicyclic) bond motifs is 2. The number of hydrogen-bond acceptors (Lipinski definition) is 1. The lowest BCUT2D eigenvalue weighted by atomic mass is 9.70. The zero-order valence-corrected chi connectivity index (χ0v) is 12.3. The van der Waals surface area contributed by atoms with E-state index in [2.05, 4.69) is 58.0 Å². The molecule has 0 aliphatic heterocycles. The summed E-state index contributed by atoms with van der Waals surface area (Å²) in [5.41, 5.74) is 3.44. The Morgan fingerprint density at radius 3 is 2.32 bits per heavy atom. The van der Waals surface area contributed by atoms with Crippen LogP contribution in [0.1, 0.15) is 44.7 Å². The number of carbonyl (C=O) groups is 1. The molecule has 0 saturated heterocycles. The Bertz CT molecular complexity index is 562. The fourth-order valence-electron chi connectivity index (χ4n) is 3.94. The molecule has 2 atom stereocenters. The van der Waals surface area contributed by atoms with Gasteiger partial charge in [-0.15, -0.1) is 0 Å². The predicted octanol–water partition coefficient (Wildman–Crippen LogP) is 4.40. The Labute approximate surface area is 115 Å². The van der Waals surface area contributed by atoms with E-state index in [9.17, 15) is 4.79 Å². The summed E-state index contributed by atoms with van der Waals surface area (Å²) in [7, 11) is 0.